The highest BCUT2D eigenvalue weighted by Crippen LogP contribution is 2.28. The summed E-state index contributed by atoms with van der Waals surface area (Å²) in [7, 11) is 1.52. The Balaban J connectivity index is 1.84. The van der Waals surface area contributed by atoms with E-state index in [-0.39, 0.29) is 30.8 Å². The van der Waals surface area contributed by atoms with Crippen LogP contribution < -0.4 is 15.4 Å². The van der Waals surface area contributed by atoms with E-state index >= 15 is 0 Å². The Kier molecular flexibility index (Phi) is 8.78. The van der Waals surface area contributed by atoms with Crippen molar-refractivity contribution in [3.8, 4) is 5.75 Å². The van der Waals surface area contributed by atoms with Crippen molar-refractivity contribution in [1.29, 1.82) is 0 Å². The second-order valence-electron chi connectivity index (χ2n) is 7.35. The molecule has 1 unspecified atom stereocenters. The molecular formula is C21H30N2O5. The molecule has 154 valence electrons. The summed E-state index contributed by atoms with van der Waals surface area (Å²) in [6.45, 7) is -0.149. The highest BCUT2D eigenvalue weighted by Gasteiger charge is 2.21. The lowest BCUT2D eigenvalue weighted by atomic mass is 9.84. The number of benzene rings is 1. The number of carbonyl (C=O) groups excluding carboxylic acids is 2. The van der Waals surface area contributed by atoms with Crippen LogP contribution in [0.4, 0.5) is 0 Å². The van der Waals surface area contributed by atoms with Crippen LogP contribution in [0.1, 0.15) is 61.7 Å². The average Bonchev–Trinajstić information content (AvgIpc) is 2.71. The van der Waals surface area contributed by atoms with E-state index in [0.717, 1.165) is 19.3 Å². The lowest BCUT2D eigenvalue weighted by molar-refractivity contribution is -0.137. The fourth-order valence-corrected chi connectivity index (χ4v) is 3.68. The molecule has 0 heterocycles. The van der Waals surface area contributed by atoms with Gasteiger partial charge in [0.1, 0.15) is 5.75 Å². The molecule has 1 aromatic carbocycles. The first-order valence-corrected chi connectivity index (χ1v) is 9.91. The topological polar surface area (TPSA) is 105 Å². The van der Waals surface area contributed by atoms with Crippen LogP contribution in [-0.4, -0.2) is 42.6 Å². The average molecular weight is 390 g/mol. The zero-order valence-corrected chi connectivity index (χ0v) is 16.4. The molecule has 1 saturated carbocycles. The van der Waals surface area contributed by atoms with E-state index in [2.05, 4.69) is 10.6 Å². The summed E-state index contributed by atoms with van der Waals surface area (Å²) in [5, 5.41) is 14.5. The number of nitrogens with one attached hydrogen (secondary N) is 2. The molecule has 1 atom stereocenters. The fourth-order valence-electron chi connectivity index (χ4n) is 3.68. The maximum absolute atomic E-state index is 12.3. The third kappa shape index (κ3) is 7.58. The smallest absolute Gasteiger partial charge is 0.303 e. The van der Waals surface area contributed by atoms with E-state index < -0.39 is 5.97 Å². The van der Waals surface area contributed by atoms with Gasteiger partial charge in [0.2, 0.25) is 5.91 Å². The summed E-state index contributed by atoms with van der Waals surface area (Å²) < 4.78 is 5.09. The normalized spacial score (nSPS) is 15.5. The largest absolute Gasteiger partial charge is 0.497 e. The number of methoxy groups -OCH3 is 1. The number of hydrogen-bond donors (Lipinski definition) is 3. The van der Waals surface area contributed by atoms with Crippen molar-refractivity contribution in [2.24, 2.45) is 5.92 Å². The minimum absolute atomic E-state index is 0.0217. The molecule has 7 nitrogen and oxygen atoms in total. The van der Waals surface area contributed by atoms with Crippen molar-refractivity contribution in [3.63, 3.8) is 0 Å². The molecule has 0 saturated heterocycles. The second-order valence-corrected chi connectivity index (χ2v) is 7.35. The van der Waals surface area contributed by atoms with Gasteiger partial charge in [-0.2, -0.15) is 0 Å². The summed E-state index contributed by atoms with van der Waals surface area (Å²) >= 11 is 0. The highest BCUT2D eigenvalue weighted by atomic mass is 16.5. The van der Waals surface area contributed by atoms with Crippen LogP contribution in [0.15, 0.2) is 24.3 Å². The Morgan fingerprint density at radius 2 is 1.96 bits per heavy atom. The number of carboxylic acids is 1. The predicted molar refractivity (Wildman–Crippen MR) is 105 cm³/mol. The van der Waals surface area contributed by atoms with E-state index in [4.69, 9.17) is 9.84 Å². The molecule has 1 aromatic rings. The summed E-state index contributed by atoms with van der Waals surface area (Å²) in [6.07, 6.45) is 7.12. The molecule has 0 spiro atoms. The predicted octanol–water partition coefficient (Wildman–Crippen LogP) is 2.75. The Morgan fingerprint density at radius 3 is 2.64 bits per heavy atom. The first kappa shape index (κ1) is 21.7. The van der Waals surface area contributed by atoms with Crippen molar-refractivity contribution in [3.05, 3.63) is 29.8 Å². The van der Waals surface area contributed by atoms with Crippen LogP contribution in [0, 0.1) is 5.92 Å². The molecule has 0 aromatic heterocycles. The van der Waals surface area contributed by atoms with Crippen molar-refractivity contribution in [2.75, 3.05) is 13.7 Å². The van der Waals surface area contributed by atoms with Gasteiger partial charge in [-0.15, -0.1) is 0 Å². The standard InChI is InChI=1S/C21H30N2O5/c1-28-18-9-5-8-16(13-18)21(27)22-14-19(24)23-17(10-11-20(25)26)12-15-6-3-2-4-7-15/h5,8-9,13,15,17H,2-4,6-7,10-12,14H2,1H3,(H,22,27)(H,23,24)(H,25,26). The molecule has 2 amide bonds. The number of carbonyl (C=O) groups is 3. The number of carboxylic acid groups (broad SMARTS) is 1. The maximum Gasteiger partial charge on any atom is 0.303 e. The first-order chi connectivity index (χ1) is 13.5. The maximum atomic E-state index is 12.3. The van der Waals surface area contributed by atoms with Gasteiger partial charge in [-0.05, 0) is 37.0 Å². The number of rotatable bonds is 10. The van der Waals surface area contributed by atoms with Gasteiger partial charge in [0.05, 0.1) is 13.7 Å². The molecule has 7 heteroatoms. The molecule has 2 rings (SSSR count). The summed E-state index contributed by atoms with van der Waals surface area (Å²) in [5.41, 5.74) is 0.414. The van der Waals surface area contributed by atoms with E-state index in [9.17, 15) is 14.4 Å². The van der Waals surface area contributed by atoms with Gasteiger partial charge < -0.3 is 20.5 Å². The lowest BCUT2D eigenvalue weighted by Crippen LogP contribution is -2.43. The molecule has 0 radical (unpaired) electrons. The quantitative estimate of drug-likeness (QED) is 0.570. The van der Waals surface area contributed by atoms with Crippen molar-refractivity contribution in [1.82, 2.24) is 10.6 Å². The van der Waals surface area contributed by atoms with Crippen LogP contribution >= 0.6 is 0 Å². The molecule has 1 fully saturated rings. The van der Waals surface area contributed by atoms with Crippen LogP contribution in [-0.2, 0) is 9.59 Å². The highest BCUT2D eigenvalue weighted by molar-refractivity contribution is 5.96. The Labute approximate surface area is 165 Å². The summed E-state index contributed by atoms with van der Waals surface area (Å²) in [6, 6.07) is 6.52. The molecular weight excluding hydrogens is 360 g/mol. The molecule has 0 aliphatic heterocycles. The third-order valence-electron chi connectivity index (χ3n) is 5.16. The van der Waals surface area contributed by atoms with Gasteiger partial charge in [0, 0.05) is 18.0 Å². The van der Waals surface area contributed by atoms with Gasteiger partial charge in [-0.3, -0.25) is 14.4 Å². The zero-order valence-electron chi connectivity index (χ0n) is 16.4. The van der Waals surface area contributed by atoms with Gasteiger partial charge >= 0.3 is 5.97 Å². The number of aliphatic carboxylic acids is 1. The molecule has 0 bridgehead atoms. The van der Waals surface area contributed by atoms with E-state index in [1.165, 1.54) is 26.4 Å². The van der Waals surface area contributed by atoms with E-state index in [1.807, 2.05) is 0 Å². The van der Waals surface area contributed by atoms with E-state index in [1.54, 1.807) is 24.3 Å². The molecule has 3 N–H and O–H groups in total. The number of hydrogen-bond acceptors (Lipinski definition) is 4. The van der Waals surface area contributed by atoms with Crippen molar-refractivity contribution >= 4 is 17.8 Å². The minimum Gasteiger partial charge on any atom is -0.497 e. The SMILES string of the molecule is COc1cccc(C(=O)NCC(=O)NC(CCC(=O)O)CC2CCCCC2)c1. The van der Waals surface area contributed by atoms with Crippen molar-refractivity contribution in [2.45, 2.75) is 57.4 Å². The fraction of sp³-hybridized carbons (Fsp3) is 0.571. The molecule has 1 aliphatic carbocycles. The number of amides is 2. The Morgan fingerprint density at radius 1 is 1.21 bits per heavy atom. The van der Waals surface area contributed by atoms with Gasteiger partial charge in [-0.25, -0.2) is 0 Å². The Bertz CT molecular complexity index is 671. The van der Waals surface area contributed by atoms with Crippen LogP contribution in [0.2, 0.25) is 0 Å². The second kappa shape index (κ2) is 11.3. The van der Waals surface area contributed by atoms with Gasteiger partial charge in [-0.1, -0.05) is 38.2 Å². The van der Waals surface area contributed by atoms with Gasteiger partial charge in [0.25, 0.3) is 5.91 Å². The van der Waals surface area contributed by atoms with Crippen LogP contribution in [0.5, 0.6) is 5.75 Å². The first-order valence-electron chi connectivity index (χ1n) is 9.91. The van der Waals surface area contributed by atoms with Crippen LogP contribution in [0.25, 0.3) is 0 Å². The lowest BCUT2D eigenvalue weighted by Gasteiger charge is -2.27. The Hall–Kier alpha value is -2.57. The van der Waals surface area contributed by atoms with Crippen molar-refractivity contribution < 1.29 is 24.2 Å². The monoisotopic (exact) mass is 390 g/mol. The zero-order chi connectivity index (χ0) is 20.4. The van der Waals surface area contributed by atoms with Crippen LogP contribution in [0.3, 0.4) is 0 Å². The number of ether oxygens (including phenoxy) is 1. The van der Waals surface area contributed by atoms with Gasteiger partial charge in [0.15, 0.2) is 0 Å². The molecule has 1 aliphatic rings. The summed E-state index contributed by atoms with van der Waals surface area (Å²) in [5.74, 6) is -0.433. The minimum atomic E-state index is -0.866. The third-order valence-corrected chi connectivity index (χ3v) is 5.16. The molecule has 28 heavy (non-hydrogen) atoms. The summed E-state index contributed by atoms with van der Waals surface area (Å²) in [4.78, 5) is 35.4. The van der Waals surface area contributed by atoms with E-state index in [0.29, 0.717) is 23.7 Å².